The summed E-state index contributed by atoms with van der Waals surface area (Å²) in [6.45, 7) is 1.34. The van der Waals surface area contributed by atoms with E-state index in [0.29, 0.717) is 25.2 Å². The summed E-state index contributed by atoms with van der Waals surface area (Å²) in [6, 6.07) is -0.0590. The fourth-order valence-corrected chi connectivity index (χ4v) is 3.81. The van der Waals surface area contributed by atoms with Gasteiger partial charge in [-0.15, -0.1) is 0 Å². The van der Waals surface area contributed by atoms with Gasteiger partial charge in [0.05, 0.1) is 30.7 Å². The number of amides is 3. The number of pyridine rings is 1. The first-order valence-corrected chi connectivity index (χ1v) is 11.0. The number of ether oxygens (including phenoxy) is 1. The lowest BCUT2D eigenvalue weighted by molar-refractivity contribution is -0.149. The van der Waals surface area contributed by atoms with E-state index in [2.05, 4.69) is 20.3 Å². The van der Waals surface area contributed by atoms with Gasteiger partial charge in [-0.25, -0.2) is 19.7 Å². The first-order chi connectivity index (χ1) is 17.1. The first kappa shape index (κ1) is 25.4. The second kappa shape index (κ2) is 10.1. The van der Waals surface area contributed by atoms with Crippen molar-refractivity contribution >= 4 is 29.3 Å². The minimum Gasteiger partial charge on any atom is -0.474 e. The van der Waals surface area contributed by atoms with Crippen molar-refractivity contribution in [2.45, 2.75) is 37.7 Å². The van der Waals surface area contributed by atoms with Gasteiger partial charge in [-0.3, -0.25) is 15.0 Å². The fourth-order valence-electron chi connectivity index (χ4n) is 3.81. The number of aliphatic hydroxyl groups is 2. The number of hydrogen-bond acceptors (Lipinski definition) is 9. The number of hydrogen-bond donors (Lipinski definition) is 4. The number of carbonyl (C=O) groups excluding carboxylic acids is 2. The number of aromatic nitrogens is 3. The van der Waals surface area contributed by atoms with Crippen molar-refractivity contribution in [1.82, 2.24) is 20.3 Å². The van der Waals surface area contributed by atoms with Crippen molar-refractivity contribution in [1.29, 1.82) is 0 Å². The van der Waals surface area contributed by atoms with Gasteiger partial charge in [0, 0.05) is 13.1 Å². The number of carbonyl (C=O) groups is 2. The molecule has 194 valence electrons. The van der Waals surface area contributed by atoms with E-state index in [4.69, 9.17) is 9.84 Å². The topological polar surface area (TPSA) is 153 Å². The molecule has 0 spiro atoms. The second-order valence-electron chi connectivity index (χ2n) is 8.35. The van der Waals surface area contributed by atoms with Gasteiger partial charge in [0.25, 0.3) is 5.91 Å². The summed E-state index contributed by atoms with van der Waals surface area (Å²) >= 11 is 0. The monoisotopic (exact) mass is 511 g/mol. The minimum absolute atomic E-state index is 0.0701. The highest BCUT2D eigenvalue weighted by atomic mass is 19.4. The Labute approximate surface area is 203 Å². The van der Waals surface area contributed by atoms with E-state index in [1.165, 1.54) is 23.4 Å². The van der Waals surface area contributed by atoms with Gasteiger partial charge in [-0.1, -0.05) is 0 Å². The highest BCUT2D eigenvalue weighted by Gasteiger charge is 2.41. The van der Waals surface area contributed by atoms with Gasteiger partial charge >= 0.3 is 12.2 Å². The second-order valence-corrected chi connectivity index (χ2v) is 8.35. The van der Waals surface area contributed by atoms with Crippen LogP contribution in [0, 0.1) is 0 Å². The molecular weight excluding hydrogens is 487 g/mol. The van der Waals surface area contributed by atoms with Gasteiger partial charge in [0.2, 0.25) is 5.88 Å². The summed E-state index contributed by atoms with van der Waals surface area (Å²) in [6.07, 6.45) is -2.60. The average molecular weight is 511 g/mol. The maximum absolute atomic E-state index is 13.2. The standard InChI is InChI=1S/C21H24F3N7O5/c1-11(21(22,23)24)27-19(34)14-2-3-15-18(28-14)31(12-4-5-30(15)8-12)20(35)29-16-6-26-17(7-25-16)36-10-13(33)9-32/h2-3,6-7,11-13,32-33H,4-5,8-10H2,1H3,(H,27,34)(H,25,29,35)/t11-,12?,13-/m1/s1. The Hall–Kier alpha value is -3.72. The van der Waals surface area contributed by atoms with Crippen LogP contribution in [0.2, 0.25) is 0 Å². The normalized spacial score (nSPS) is 18.3. The van der Waals surface area contributed by atoms with E-state index in [1.54, 1.807) is 6.07 Å². The Morgan fingerprint density at radius 2 is 2.06 bits per heavy atom. The quantitative estimate of drug-likeness (QED) is 0.425. The van der Waals surface area contributed by atoms with Crippen LogP contribution < -0.4 is 25.2 Å². The molecule has 4 N–H and O–H groups in total. The Balaban J connectivity index is 1.51. The number of nitrogens with zero attached hydrogens (tertiary/aromatic N) is 5. The molecule has 2 aliphatic heterocycles. The molecule has 2 aromatic rings. The maximum Gasteiger partial charge on any atom is 0.408 e. The van der Waals surface area contributed by atoms with Crippen LogP contribution in [0.4, 0.5) is 35.3 Å². The Bertz CT molecular complexity index is 1120. The van der Waals surface area contributed by atoms with Crippen molar-refractivity contribution in [2.75, 3.05) is 41.4 Å². The average Bonchev–Trinajstić information content (AvgIpc) is 3.26. The zero-order valence-electron chi connectivity index (χ0n) is 19.1. The number of alkyl halides is 3. The molecule has 15 heteroatoms. The third-order valence-corrected chi connectivity index (χ3v) is 5.74. The number of nitrogens with one attached hydrogen (secondary N) is 2. The van der Waals surface area contributed by atoms with Crippen molar-refractivity contribution in [3.05, 3.63) is 30.2 Å². The number of urea groups is 1. The lowest BCUT2D eigenvalue weighted by Gasteiger charge is -2.35. The number of halogens is 3. The molecular formula is C21H24F3N7O5. The van der Waals surface area contributed by atoms with Crippen LogP contribution in [-0.4, -0.2) is 87.8 Å². The number of aliphatic hydroxyl groups excluding tert-OH is 2. The third kappa shape index (κ3) is 5.41. The third-order valence-electron chi connectivity index (χ3n) is 5.74. The molecule has 0 aliphatic carbocycles. The molecule has 3 atom stereocenters. The molecule has 3 amide bonds. The lowest BCUT2D eigenvalue weighted by atomic mass is 10.1. The number of anilines is 3. The van der Waals surface area contributed by atoms with Gasteiger partial charge in [-0.2, -0.15) is 13.2 Å². The van der Waals surface area contributed by atoms with Crippen LogP contribution in [0.3, 0.4) is 0 Å². The summed E-state index contributed by atoms with van der Waals surface area (Å²) in [4.78, 5) is 41.2. The molecule has 1 saturated heterocycles. The molecule has 4 heterocycles. The SMILES string of the molecule is C[C@@H](NC(=O)c1ccc2c(n1)N(C(=O)Nc1cnc(OC[C@H](O)CO)cn1)C1CCN2C1)C(F)(F)F. The van der Waals surface area contributed by atoms with E-state index in [0.717, 1.165) is 6.92 Å². The van der Waals surface area contributed by atoms with Gasteiger partial charge in [0.1, 0.15) is 24.4 Å². The van der Waals surface area contributed by atoms with E-state index < -0.39 is 36.9 Å². The van der Waals surface area contributed by atoms with Crippen LogP contribution in [0.15, 0.2) is 24.5 Å². The molecule has 2 aromatic heterocycles. The Morgan fingerprint density at radius 3 is 2.72 bits per heavy atom. The van der Waals surface area contributed by atoms with Crippen molar-refractivity contribution in [2.24, 2.45) is 0 Å². The predicted octanol–water partition coefficient (Wildman–Crippen LogP) is 0.915. The molecule has 0 aromatic carbocycles. The van der Waals surface area contributed by atoms with Crippen LogP contribution in [0.1, 0.15) is 23.8 Å². The minimum atomic E-state index is -4.61. The van der Waals surface area contributed by atoms with Gasteiger partial charge in [0.15, 0.2) is 11.6 Å². The highest BCUT2D eigenvalue weighted by molar-refractivity contribution is 6.05. The van der Waals surface area contributed by atoms with Crippen molar-refractivity contribution in [3.8, 4) is 5.88 Å². The molecule has 36 heavy (non-hydrogen) atoms. The van der Waals surface area contributed by atoms with Crippen molar-refractivity contribution in [3.63, 3.8) is 0 Å². The smallest absolute Gasteiger partial charge is 0.408 e. The zero-order valence-corrected chi connectivity index (χ0v) is 19.1. The lowest BCUT2D eigenvalue weighted by Crippen LogP contribution is -2.49. The number of fused-ring (bicyclic) bond motifs is 4. The molecule has 2 bridgehead atoms. The Kier molecular flexibility index (Phi) is 7.12. The number of rotatable bonds is 7. The van der Waals surface area contributed by atoms with E-state index >= 15 is 0 Å². The van der Waals surface area contributed by atoms with E-state index in [-0.39, 0.29) is 35.9 Å². The predicted molar refractivity (Wildman–Crippen MR) is 120 cm³/mol. The molecule has 12 nitrogen and oxygen atoms in total. The van der Waals surface area contributed by atoms with Crippen LogP contribution in [-0.2, 0) is 0 Å². The van der Waals surface area contributed by atoms with Gasteiger partial charge < -0.3 is 25.2 Å². The first-order valence-electron chi connectivity index (χ1n) is 11.0. The molecule has 4 rings (SSSR count). The highest BCUT2D eigenvalue weighted by Crippen LogP contribution is 2.39. The van der Waals surface area contributed by atoms with E-state index in [1.807, 2.05) is 10.2 Å². The largest absolute Gasteiger partial charge is 0.474 e. The van der Waals surface area contributed by atoms with Crippen molar-refractivity contribution < 1.29 is 37.7 Å². The maximum atomic E-state index is 13.2. The molecule has 1 unspecified atom stereocenters. The van der Waals surface area contributed by atoms with Crippen LogP contribution in [0.25, 0.3) is 0 Å². The molecule has 0 radical (unpaired) electrons. The summed E-state index contributed by atoms with van der Waals surface area (Å²) in [5.41, 5.74) is 0.327. The van der Waals surface area contributed by atoms with E-state index in [9.17, 15) is 27.9 Å². The Morgan fingerprint density at radius 1 is 1.28 bits per heavy atom. The molecule has 0 saturated carbocycles. The van der Waals surface area contributed by atoms with Crippen LogP contribution in [0.5, 0.6) is 5.88 Å². The molecule has 2 aliphatic rings. The fraction of sp³-hybridized carbons (Fsp3) is 0.476. The summed E-state index contributed by atoms with van der Waals surface area (Å²) in [5, 5.41) is 22.6. The van der Waals surface area contributed by atoms with Gasteiger partial charge in [-0.05, 0) is 25.5 Å². The van der Waals surface area contributed by atoms with Crippen LogP contribution >= 0.6 is 0 Å². The molecule has 1 fully saturated rings. The summed E-state index contributed by atoms with van der Waals surface area (Å²) in [7, 11) is 0. The summed E-state index contributed by atoms with van der Waals surface area (Å²) < 4.78 is 43.8. The zero-order chi connectivity index (χ0) is 26.0. The summed E-state index contributed by atoms with van der Waals surface area (Å²) in [5.74, 6) is -0.700.